The van der Waals surface area contributed by atoms with Crippen molar-refractivity contribution in [3.63, 3.8) is 0 Å². The monoisotopic (exact) mass is 446 g/mol. The Balaban J connectivity index is 1.74. The average Bonchev–Trinajstić information content (AvgIpc) is 2.80. The number of carbonyl (C=O) groups is 1. The molecule has 2 aromatic carbocycles. The second kappa shape index (κ2) is 10.3. The van der Waals surface area contributed by atoms with Crippen molar-refractivity contribution in [3.05, 3.63) is 59.2 Å². The Bertz CT molecular complexity index is 999. The first-order chi connectivity index (χ1) is 14.8. The van der Waals surface area contributed by atoms with Gasteiger partial charge in [-0.1, -0.05) is 37.3 Å². The molecule has 1 aliphatic heterocycles. The Kier molecular flexibility index (Phi) is 7.69. The van der Waals surface area contributed by atoms with E-state index < -0.39 is 10.0 Å². The average molecular weight is 447 g/mol. The van der Waals surface area contributed by atoms with Crippen LogP contribution in [-0.4, -0.2) is 64.0 Å². The van der Waals surface area contributed by atoms with Crippen LogP contribution in [0.3, 0.4) is 0 Å². The lowest BCUT2D eigenvalue weighted by atomic mass is 10.1. The number of amides is 1. The van der Waals surface area contributed by atoms with Gasteiger partial charge in [0.1, 0.15) is 10.6 Å². The van der Waals surface area contributed by atoms with Crippen LogP contribution < -0.4 is 4.74 Å². The van der Waals surface area contributed by atoms with Gasteiger partial charge < -0.3 is 14.4 Å². The number of aryl methyl sites for hydroxylation is 1. The molecule has 1 fully saturated rings. The first-order valence-electron chi connectivity index (χ1n) is 10.4. The molecule has 0 spiro atoms. The summed E-state index contributed by atoms with van der Waals surface area (Å²) in [6.07, 6.45) is 1.08. The highest BCUT2D eigenvalue weighted by molar-refractivity contribution is 7.89. The molecule has 0 radical (unpaired) electrons. The highest BCUT2D eigenvalue weighted by Gasteiger charge is 2.29. The zero-order valence-electron chi connectivity index (χ0n) is 18.3. The number of hydrogen-bond acceptors (Lipinski definition) is 5. The molecule has 0 saturated carbocycles. The third-order valence-electron chi connectivity index (χ3n) is 5.45. The van der Waals surface area contributed by atoms with Gasteiger partial charge in [0.25, 0.3) is 0 Å². The number of methoxy groups -OCH3 is 1. The third-order valence-corrected chi connectivity index (χ3v) is 7.37. The molecule has 8 heteroatoms. The quantitative estimate of drug-likeness (QED) is 0.623. The predicted octanol–water partition coefficient (Wildman–Crippen LogP) is 2.48. The molecule has 0 unspecified atom stereocenters. The summed E-state index contributed by atoms with van der Waals surface area (Å²) in [7, 11) is -0.540. The van der Waals surface area contributed by atoms with Crippen LogP contribution in [0.25, 0.3) is 0 Å². The fourth-order valence-electron chi connectivity index (χ4n) is 3.51. The van der Waals surface area contributed by atoms with Crippen LogP contribution in [0.2, 0.25) is 0 Å². The van der Waals surface area contributed by atoms with Crippen molar-refractivity contribution in [3.8, 4) is 5.75 Å². The summed E-state index contributed by atoms with van der Waals surface area (Å²) in [4.78, 5) is 14.5. The molecule has 0 bridgehead atoms. The van der Waals surface area contributed by atoms with Crippen molar-refractivity contribution in [2.75, 3.05) is 40.5 Å². The molecule has 1 amide bonds. The van der Waals surface area contributed by atoms with E-state index in [9.17, 15) is 13.2 Å². The minimum Gasteiger partial charge on any atom is -0.495 e. The Morgan fingerprint density at radius 2 is 1.68 bits per heavy atom. The molecule has 0 aliphatic carbocycles. The van der Waals surface area contributed by atoms with Gasteiger partial charge in [-0.05, 0) is 35.2 Å². The molecule has 1 aliphatic rings. The van der Waals surface area contributed by atoms with E-state index in [0.29, 0.717) is 38.4 Å². The molecule has 168 valence electrons. The zero-order valence-corrected chi connectivity index (χ0v) is 19.2. The van der Waals surface area contributed by atoms with Crippen molar-refractivity contribution in [2.45, 2.75) is 31.2 Å². The number of likely N-dealkylation sites (N-methyl/N-ethyl adjacent to an activating group) is 1. The fourth-order valence-corrected chi connectivity index (χ4v) is 5.12. The summed E-state index contributed by atoms with van der Waals surface area (Å²) >= 11 is 0. The van der Waals surface area contributed by atoms with E-state index in [1.165, 1.54) is 17.0 Å². The molecule has 0 aromatic heterocycles. The summed E-state index contributed by atoms with van der Waals surface area (Å²) in [5.41, 5.74) is 2.94. The van der Waals surface area contributed by atoms with Gasteiger partial charge in [0, 0.05) is 26.7 Å². The van der Waals surface area contributed by atoms with Gasteiger partial charge in [0.05, 0.1) is 26.7 Å². The van der Waals surface area contributed by atoms with Crippen LogP contribution in [0.4, 0.5) is 0 Å². The zero-order chi connectivity index (χ0) is 22.4. The number of morpholine rings is 1. The maximum Gasteiger partial charge on any atom is 0.246 e. The molecule has 0 atom stereocenters. The lowest BCUT2D eigenvalue weighted by molar-refractivity contribution is -0.129. The number of carbonyl (C=O) groups excluding carboxylic acids is 1. The maximum atomic E-state index is 13.1. The van der Waals surface area contributed by atoms with Crippen LogP contribution in [0, 0.1) is 0 Å². The molecule has 1 heterocycles. The molecule has 2 aromatic rings. The van der Waals surface area contributed by atoms with Crippen LogP contribution in [0.1, 0.15) is 23.6 Å². The summed E-state index contributed by atoms with van der Waals surface area (Å²) in [6.45, 7) is 3.93. The van der Waals surface area contributed by atoms with Gasteiger partial charge in [0.15, 0.2) is 0 Å². The molecular formula is C23H30N2O5S. The van der Waals surface area contributed by atoms with Gasteiger partial charge >= 0.3 is 0 Å². The highest BCUT2D eigenvalue weighted by Crippen LogP contribution is 2.28. The SMILES string of the molecule is CCc1ccc(CN(C)C(=O)Cc2ccc(OC)c(S(=O)(=O)N3CCOCC3)c2)cc1. The first-order valence-corrected chi connectivity index (χ1v) is 11.9. The van der Waals surface area contributed by atoms with Gasteiger partial charge in [-0.3, -0.25) is 4.79 Å². The van der Waals surface area contributed by atoms with Gasteiger partial charge in [-0.25, -0.2) is 8.42 Å². The molecular weight excluding hydrogens is 416 g/mol. The van der Waals surface area contributed by atoms with E-state index in [2.05, 4.69) is 19.1 Å². The standard InChI is InChI=1S/C23H30N2O5S/c1-4-18-5-7-19(8-6-18)17-24(2)23(26)16-20-9-10-21(29-3)22(15-20)31(27,28)25-11-13-30-14-12-25/h5-10,15H,4,11-14,16-17H2,1-3H3. The van der Waals surface area contributed by atoms with E-state index in [0.717, 1.165) is 12.0 Å². The number of benzene rings is 2. The first kappa shape index (κ1) is 23.2. The lowest BCUT2D eigenvalue weighted by Crippen LogP contribution is -2.40. The summed E-state index contributed by atoms with van der Waals surface area (Å²) in [5.74, 6) is 0.187. The Morgan fingerprint density at radius 3 is 2.29 bits per heavy atom. The summed E-state index contributed by atoms with van der Waals surface area (Å²) in [6, 6.07) is 13.1. The van der Waals surface area contributed by atoms with E-state index >= 15 is 0 Å². The number of sulfonamides is 1. The summed E-state index contributed by atoms with van der Waals surface area (Å²) < 4.78 is 38.2. The largest absolute Gasteiger partial charge is 0.495 e. The molecule has 0 N–H and O–H groups in total. The Morgan fingerprint density at radius 1 is 1.06 bits per heavy atom. The minimum absolute atomic E-state index is 0.0833. The van der Waals surface area contributed by atoms with Gasteiger partial charge in [-0.15, -0.1) is 0 Å². The van der Waals surface area contributed by atoms with Gasteiger partial charge in [-0.2, -0.15) is 4.31 Å². The molecule has 3 rings (SSSR count). The maximum absolute atomic E-state index is 13.1. The molecule has 31 heavy (non-hydrogen) atoms. The molecule has 7 nitrogen and oxygen atoms in total. The second-order valence-electron chi connectivity index (χ2n) is 7.60. The second-order valence-corrected chi connectivity index (χ2v) is 9.50. The smallest absolute Gasteiger partial charge is 0.246 e. The van der Waals surface area contributed by atoms with Crippen LogP contribution in [-0.2, 0) is 38.9 Å². The number of hydrogen-bond donors (Lipinski definition) is 0. The number of ether oxygens (including phenoxy) is 2. The topological polar surface area (TPSA) is 76.2 Å². The van der Waals surface area contributed by atoms with E-state index in [1.807, 2.05) is 12.1 Å². The highest BCUT2D eigenvalue weighted by atomic mass is 32.2. The van der Waals surface area contributed by atoms with Crippen molar-refractivity contribution in [1.29, 1.82) is 0 Å². The third kappa shape index (κ3) is 5.64. The van der Waals surface area contributed by atoms with Crippen LogP contribution in [0.15, 0.2) is 47.4 Å². The van der Waals surface area contributed by atoms with E-state index in [-0.39, 0.29) is 23.0 Å². The predicted molar refractivity (Wildman–Crippen MR) is 119 cm³/mol. The fraction of sp³-hybridized carbons (Fsp3) is 0.435. The van der Waals surface area contributed by atoms with Crippen LogP contribution >= 0.6 is 0 Å². The van der Waals surface area contributed by atoms with Crippen molar-refractivity contribution in [1.82, 2.24) is 9.21 Å². The normalized spacial score (nSPS) is 14.9. The minimum atomic E-state index is -3.74. The van der Waals surface area contributed by atoms with Crippen molar-refractivity contribution < 1.29 is 22.7 Å². The molecule has 1 saturated heterocycles. The van der Waals surface area contributed by atoms with Crippen molar-refractivity contribution in [2.24, 2.45) is 0 Å². The van der Waals surface area contributed by atoms with Crippen LogP contribution in [0.5, 0.6) is 5.75 Å². The Hall–Kier alpha value is -2.42. The Labute approximate surface area is 184 Å². The number of rotatable bonds is 8. The summed E-state index contributed by atoms with van der Waals surface area (Å²) in [5, 5.41) is 0. The van der Waals surface area contributed by atoms with E-state index in [1.54, 1.807) is 30.1 Å². The van der Waals surface area contributed by atoms with E-state index in [4.69, 9.17) is 9.47 Å². The number of nitrogens with zero attached hydrogens (tertiary/aromatic N) is 2. The van der Waals surface area contributed by atoms with Crippen molar-refractivity contribution >= 4 is 15.9 Å². The van der Waals surface area contributed by atoms with Gasteiger partial charge in [0.2, 0.25) is 15.9 Å². The lowest BCUT2D eigenvalue weighted by Gasteiger charge is -2.27.